The minimum atomic E-state index is -0.916. The van der Waals surface area contributed by atoms with E-state index >= 15 is 0 Å². The summed E-state index contributed by atoms with van der Waals surface area (Å²) in [6.07, 6.45) is 1.81. The maximum atomic E-state index is 12.5. The Morgan fingerprint density at radius 2 is 1.88 bits per heavy atom. The fraction of sp³-hybridized carbons (Fsp3) is 0.300. The van der Waals surface area contributed by atoms with Gasteiger partial charge in [0.25, 0.3) is 5.91 Å². The van der Waals surface area contributed by atoms with E-state index < -0.39 is 5.60 Å². The maximum absolute atomic E-state index is 12.5. The number of rotatable bonds is 6. The fourth-order valence-electron chi connectivity index (χ4n) is 2.93. The van der Waals surface area contributed by atoms with Crippen LogP contribution in [0.5, 0.6) is 11.5 Å². The van der Waals surface area contributed by atoms with Gasteiger partial charge in [0.05, 0.1) is 5.69 Å². The van der Waals surface area contributed by atoms with Crippen LogP contribution in [-0.4, -0.2) is 17.8 Å². The molecule has 3 rings (SSSR count). The van der Waals surface area contributed by atoms with E-state index in [0.29, 0.717) is 42.2 Å². The zero-order valence-corrected chi connectivity index (χ0v) is 14.4. The van der Waals surface area contributed by atoms with E-state index in [9.17, 15) is 9.59 Å². The SMILES string of the molecule is CCC1(CC)Oc2c(cc(C=O)cc2OCc2ccccc2)NC1=O. The number of aldehydes is 1. The molecule has 0 bridgehead atoms. The number of hydrogen-bond donors (Lipinski definition) is 1. The van der Waals surface area contributed by atoms with E-state index in [4.69, 9.17) is 9.47 Å². The van der Waals surface area contributed by atoms with Crippen molar-refractivity contribution in [3.8, 4) is 11.5 Å². The second-order valence-corrected chi connectivity index (χ2v) is 6.05. The second kappa shape index (κ2) is 6.97. The van der Waals surface area contributed by atoms with E-state index in [1.54, 1.807) is 12.1 Å². The molecule has 1 aliphatic rings. The van der Waals surface area contributed by atoms with Crippen molar-refractivity contribution in [3.05, 3.63) is 53.6 Å². The Bertz CT molecular complexity index is 782. The highest BCUT2D eigenvalue weighted by atomic mass is 16.5. The summed E-state index contributed by atoms with van der Waals surface area (Å²) in [5, 5.41) is 2.86. The molecule has 5 nitrogen and oxygen atoms in total. The topological polar surface area (TPSA) is 64.6 Å². The van der Waals surface area contributed by atoms with E-state index in [2.05, 4.69) is 5.32 Å². The molecule has 0 aromatic heterocycles. The van der Waals surface area contributed by atoms with Crippen LogP contribution >= 0.6 is 0 Å². The summed E-state index contributed by atoms with van der Waals surface area (Å²) in [5.74, 6) is 0.738. The van der Waals surface area contributed by atoms with Crippen LogP contribution in [-0.2, 0) is 11.4 Å². The van der Waals surface area contributed by atoms with Gasteiger partial charge >= 0.3 is 0 Å². The minimum absolute atomic E-state index is 0.193. The van der Waals surface area contributed by atoms with Crippen LogP contribution in [0.1, 0.15) is 42.6 Å². The second-order valence-electron chi connectivity index (χ2n) is 6.05. The summed E-state index contributed by atoms with van der Waals surface area (Å²) in [7, 11) is 0. The molecular weight excluding hydrogens is 318 g/mol. The third-order valence-corrected chi connectivity index (χ3v) is 4.55. The number of hydrogen-bond acceptors (Lipinski definition) is 4. The first-order valence-electron chi connectivity index (χ1n) is 8.42. The highest BCUT2D eigenvalue weighted by Gasteiger charge is 2.42. The maximum Gasteiger partial charge on any atom is 0.268 e. The number of carbonyl (C=O) groups is 2. The van der Waals surface area contributed by atoms with Crippen molar-refractivity contribution >= 4 is 17.9 Å². The van der Waals surface area contributed by atoms with Crippen molar-refractivity contribution in [1.82, 2.24) is 0 Å². The number of nitrogens with one attached hydrogen (secondary N) is 1. The van der Waals surface area contributed by atoms with Crippen molar-refractivity contribution in [2.75, 3.05) is 5.32 Å². The van der Waals surface area contributed by atoms with Crippen molar-refractivity contribution in [1.29, 1.82) is 0 Å². The van der Waals surface area contributed by atoms with Gasteiger partial charge in [0.2, 0.25) is 0 Å². The zero-order chi connectivity index (χ0) is 17.9. The van der Waals surface area contributed by atoms with Crippen molar-refractivity contribution < 1.29 is 19.1 Å². The van der Waals surface area contributed by atoms with Crippen molar-refractivity contribution in [2.24, 2.45) is 0 Å². The minimum Gasteiger partial charge on any atom is -0.485 e. The van der Waals surface area contributed by atoms with E-state index in [1.165, 1.54) is 0 Å². The van der Waals surface area contributed by atoms with Gasteiger partial charge in [-0.2, -0.15) is 0 Å². The van der Waals surface area contributed by atoms with Crippen LogP contribution in [0.15, 0.2) is 42.5 Å². The van der Waals surface area contributed by atoms with Gasteiger partial charge in [0.1, 0.15) is 12.9 Å². The van der Waals surface area contributed by atoms with Crippen LogP contribution in [0.3, 0.4) is 0 Å². The molecule has 5 heteroatoms. The molecule has 0 spiro atoms. The van der Waals surface area contributed by atoms with Crippen LogP contribution in [0.2, 0.25) is 0 Å². The molecule has 0 atom stereocenters. The van der Waals surface area contributed by atoms with Crippen molar-refractivity contribution in [3.63, 3.8) is 0 Å². The van der Waals surface area contributed by atoms with Gasteiger partial charge in [-0.3, -0.25) is 9.59 Å². The lowest BCUT2D eigenvalue weighted by atomic mass is 9.93. The first-order chi connectivity index (χ1) is 12.1. The largest absolute Gasteiger partial charge is 0.485 e. The normalized spacial score (nSPS) is 14.9. The Kier molecular flexibility index (Phi) is 4.74. The molecule has 2 aromatic rings. The van der Waals surface area contributed by atoms with E-state index in [0.717, 1.165) is 11.8 Å². The summed E-state index contributed by atoms with van der Waals surface area (Å²) in [4.78, 5) is 23.7. The lowest BCUT2D eigenvalue weighted by Gasteiger charge is -2.36. The summed E-state index contributed by atoms with van der Waals surface area (Å²) < 4.78 is 12.0. The van der Waals surface area contributed by atoms with Gasteiger partial charge < -0.3 is 14.8 Å². The summed E-state index contributed by atoms with van der Waals surface area (Å²) >= 11 is 0. The van der Waals surface area contributed by atoms with Crippen molar-refractivity contribution in [2.45, 2.75) is 38.9 Å². The summed E-state index contributed by atoms with van der Waals surface area (Å²) in [5.41, 5.74) is 0.979. The van der Waals surface area contributed by atoms with E-state index in [1.807, 2.05) is 44.2 Å². The fourth-order valence-corrected chi connectivity index (χ4v) is 2.93. The highest BCUT2D eigenvalue weighted by Crippen LogP contribution is 2.44. The lowest BCUT2D eigenvalue weighted by molar-refractivity contribution is -0.133. The van der Waals surface area contributed by atoms with Crippen LogP contribution in [0, 0.1) is 0 Å². The first-order valence-corrected chi connectivity index (χ1v) is 8.42. The molecule has 0 unspecified atom stereocenters. The molecule has 0 aliphatic carbocycles. The lowest BCUT2D eigenvalue weighted by Crippen LogP contribution is -2.50. The van der Waals surface area contributed by atoms with Gasteiger partial charge in [-0.15, -0.1) is 0 Å². The summed E-state index contributed by atoms with van der Waals surface area (Å²) in [6, 6.07) is 13.0. The van der Waals surface area contributed by atoms with Gasteiger partial charge in [0.15, 0.2) is 17.1 Å². The number of benzene rings is 2. The Balaban J connectivity index is 1.97. The predicted octanol–water partition coefficient (Wildman–Crippen LogP) is 3.97. The van der Waals surface area contributed by atoms with Gasteiger partial charge in [-0.1, -0.05) is 44.2 Å². The predicted molar refractivity (Wildman–Crippen MR) is 95.2 cm³/mol. The number of amides is 1. The molecule has 0 fully saturated rings. The number of fused-ring (bicyclic) bond motifs is 1. The molecule has 1 N–H and O–H groups in total. The quantitative estimate of drug-likeness (QED) is 0.809. The van der Waals surface area contributed by atoms with Gasteiger partial charge in [-0.25, -0.2) is 0 Å². The Morgan fingerprint density at radius 3 is 2.52 bits per heavy atom. The Labute approximate surface area is 147 Å². The number of carbonyl (C=O) groups excluding carboxylic acids is 2. The molecule has 2 aromatic carbocycles. The van der Waals surface area contributed by atoms with E-state index in [-0.39, 0.29) is 5.91 Å². The molecular formula is C20H21NO4. The third-order valence-electron chi connectivity index (χ3n) is 4.55. The molecule has 130 valence electrons. The summed E-state index contributed by atoms with van der Waals surface area (Å²) in [6.45, 7) is 4.18. The first kappa shape index (κ1) is 17.0. The number of anilines is 1. The van der Waals surface area contributed by atoms with Gasteiger partial charge in [-0.05, 0) is 30.5 Å². The molecule has 0 saturated heterocycles. The van der Waals surface area contributed by atoms with Crippen LogP contribution in [0.25, 0.3) is 0 Å². The molecule has 1 heterocycles. The Hall–Kier alpha value is -2.82. The molecule has 1 aliphatic heterocycles. The standard InChI is InChI=1S/C20H21NO4/c1-3-20(4-2)19(23)21-16-10-15(12-22)11-17(18(16)25-20)24-13-14-8-6-5-7-9-14/h5-12H,3-4,13H2,1-2H3,(H,21,23). The average molecular weight is 339 g/mol. The molecule has 25 heavy (non-hydrogen) atoms. The third kappa shape index (κ3) is 3.22. The zero-order valence-electron chi connectivity index (χ0n) is 14.4. The van der Waals surface area contributed by atoms with Gasteiger partial charge in [0, 0.05) is 5.56 Å². The molecule has 0 radical (unpaired) electrons. The smallest absolute Gasteiger partial charge is 0.268 e. The van der Waals surface area contributed by atoms with Crippen LogP contribution < -0.4 is 14.8 Å². The Morgan fingerprint density at radius 1 is 1.16 bits per heavy atom. The monoisotopic (exact) mass is 339 g/mol. The van der Waals surface area contributed by atoms with Crippen LogP contribution in [0.4, 0.5) is 5.69 Å². The average Bonchev–Trinajstić information content (AvgIpc) is 2.66. The molecule has 0 saturated carbocycles. The highest BCUT2D eigenvalue weighted by molar-refractivity contribution is 6.02. The number of ether oxygens (including phenoxy) is 2. The molecule has 1 amide bonds.